The van der Waals surface area contributed by atoms with Gasteiger partial charge in [0.15, 0.2) is 0 Å². The van der Waals surface area contributed by atoms with Crippen molar-refractivity contribution in [3.63, 3.8) is 0 Å². The van der Waals surface area contributed by atoms with E-state index in [2.05, 4.69) is 15.5 Å². The van der Waals surface area contributed by atoms with Gasteiger partial charge in [0.2, 0.25) is 0 Å². The van der Waals surface area contributed by atoms with Gasteiger partial charge in [-0.1, -0.05) is 30.3 Å². The van der Waals surface area contributed by atoms with Gasteiger partial charge in [-0.05, 0) is 24.3 Å². The van der Waals surface area contributed by atoms with Crippen LogP contribution in [0.25, 0.3) is 10.9 Å². The Labute approximate surface area is 133 Å². The Balaban J connectivity index is 1.76. The van der Waals surface area contributed by atoms with Crippen LogP contribution in [0.2, 0.25) is 0 Å². The first-order chi connectivity index (χ1) is 11.3. The van der Waals surface area contributed by atoms with E-state index < -0.39 is 0 Å². The second-order valence-electron chi connectivity index (χ2n) is 4.85. The zero-order valence-corrected chi connectivity index (χ0v) is 12.6. The summed E-state index contributed by atoms with van der Waals surface area (Å²) in [5.74, 6) is 0.327. The summed E-state index contributed by atoms with van der Waals surface area (Å²) in [5, 5.41) is 5.04. The number of nitrogens with zero attached hydrogens (tertiary/aromatic N) is 2. The summed E-state index contributed by atoms with van der Waals surface area (Å²) < 4.78 is 5.10. The largest absolute Gasteiger partial charge is 0.497 e. The molecule has 0 unspecified atom stereocenters. The molecular weight excluding hydrogens is 290 g/mol. The van der Waals surface area contributed by atoms with Crippen molar-refractivity contribution in [1.29, 1.82) is 0 Å². The lowest BCUT2D eigenvalue weighted by Crippen LogP contribution is -2.17. The second kappa shape index (κ2) is 6.70. The Hall–Kier alpha value is -3.21. The van der Waals surface area contributed by atoms with Gasteiger partial charge in [0.25, 0.3) is 5.91 Å². The van der Waals surface area contributed by atoms with Gasteiger partial charge in [0.05, 0.1) is 18.8 Å². The van der Waals surface area contributed by atoms with Gasteiger partial charge in [0.1, 0.15) is 5.75 Å². The highest BCUT2D eigenvalue weighted by Crippen LogP contribution is 2.14. The van der Waals surface area contributed by atoms with Crippen LogP contribution in [0.4, 0.5) is 0 Å². The molecule has 114 valence electrons. The fourth-order valence-corrected chi connectivity index (χ4v) is 2.22. The first-order valence-electron chi connectivity index (χ1n) is 7.09. The van der Waals surface area contributed by atoms with E-state index in [1.165, 1.54) is 0 Å². The van der Waals surface area contributed by atoms with E-state index in [9.17, 15) is 4.79 Å². The molecule has 0 aliphatic heterocycles. The van der Waals surface area contributed by atoms with Crippen molar-refractivity contribution in [2.24, 2.45) is 5.10 Å². The first kappa shape index (κ1) is 14.7. The molecular formula is C18H15N3O2. The number of benzene rings is 2. The van der Waals surface area contributed by atoms with E-state index in [1.54, 1.807) is 43.8 Å². The Morgan fingerprint density at radius 1 is 1.17 bits per heavy atom. The van der Waals surface area contributed by atoms with Gasteiger partial charge < -0.3 is 4.74 Å². The Morgan fingerprint density at radius 3 is 2.87 bits per heavy atom. The third-order valence-corrected chi connectivity index (χ3v) is 3.37. The highest BCUT2D eigenvalue weighted by atomic mass is 16.5. The number of hydrogen-bond acceptors (Lipinski definition) is 4. The van der Waals surface area contributed by atoms with Gasteiger partial charge in [-0.2, -0.15) is 5.10 Å². The predicted molar refractivity (Wildman–Crippen MR) is 89.8 cm³/mol. The number of methoxy groups -OCH3 is 1. The number of nitrogens with one attached hydrogen (secondary N) is 1. The van der Waals surface area contributed by atoms with Crippen LogP contribution < -0.4 is 10.2 Å². The summed E-state index contributed by atoms with van der Waals surface area (Å²) in [6, 6.07) is 16.6. The van der Waals surface area contributed by atoms with Crippen molar-refractivity contribution < 1.29 is 9.53 Å². The minimum absolute atomic E-state index is 0.298. The average Bonchev–Trinajstić information content (AvgIpc) is 2.62. The van der Waals surface area contributed by atoms with Crippen LogP contribution in [0.1, 0.15) is 15.9 Å². The molecule has 23 heavy (non-hydrogen) atoms. The van der Waals surface area contributed by atoms with Crippen molar-refractivity contribution in [3.8, 4) is 5.75 Å². The quantitative estimate of drug-likeness (QED) is 0.595. The minimum atomic E-state index is -0.298. The topological polar surface area (TPSA) is 63.6 Å². The van der Waals surface area contributed by atoms with Gasteiger partial charge in [0, 0.05) is 22.7 Å². The number of fused-ring (bicyclic) bond motifs is 1. The minimum Gasteiger partial charge on any atom is -0.497 e. The van der Waals surface area contributed by atoms with Gasteiger partial charge >= 0.3 is 0 Å². The highest BCUT2D eigenvalue weighted by Gasteiger charge is 2.05. The summed E-state index contributed by atoms with van der Waals surface area (Å²) >= 11 is 0. The number of carbonyl (C=O) groups excluding carboxylic acids is 1. The van der Waals surface area contributed by atoms with Crippen LogP contribution in [-0.4, -0.2) is 24.2 Å². The normalized spacial score (nSPS) is 10.8. The van der Waals surface area contributed by atoms with Crippen LogP contribution in [0.5, 0.6) is 5.75 Å². The predicted octanol–water partition coefficient (Wildman–Crippen LogP) is 3.01. The van der Waals surface area contributed by atoms with Crippen molar-refractivity contribution in [2.75, 3.05) is 7.11 Å². The summed E-state index contributed by atoms with van der Waals surface area (Å²) in [6.07, 6.45) is 3.32. The lowest BCUT2D eigenvalue weighted by Gasteiger charge is -2.03. The fourth-order valence-electron chi connectivity index (χ4n) is 2.22. The molecule has 0 aliphatic carbocycles. The van der Waals surface area contributed by atoms with Gasteiger partial charge in [-0.25, -0.2) is 5.43 Å². The number of para-hydroxylation sites is 1. The molecule has 3 rings (SSSR count). The molecule has 0 saturated heterocycles. The van der Waals surface area contributed by atoms with E-state index in [0.29, 0.717) is 11.3 Å². The zero-order chi connectivity index (χ0) is 16.1. The molecule has 0 spiro atoms. The van der Waals surface area contributed by atoms with Crippen LogP contribution in [-0.2, 0) is 0 Å². The molecule has 0 saturated carbocycles. The lowest BCUT2D eigenvalue weighted by atomic mass is 10.1. The molecule has 2 aromatic carbocycles. The number of rotatable bonds is 4. The van der Waals surface area contributed by atoms with Gasteiger partial charge in [-0.15, -0.1) is 0 Å². The number of hydrogen-bond donors (Lipinski definition) is 1. The molecule has 0 radical (unpaired) electrons. The SMILES string of the molecule is COc1cccc(C(=O)N/N=C/c2cccc3cccnc23)c1. The zero-order valence-electron chi connectivity index (χ0n) is 12.6. The third-order valence-electron chi connectivity index (χ3n) is 3.37. The summed E-state index contributed by atoms with van der Waals surface area (Å²) in [6.45, 7) is 0. The van der Waals surface area contributed by atoms with E-state index in [1.807, 2.05) is 30.3 Å². The molecule has 0 bridgehead atoms. The number of pyridine rings is 1. The standard InChI is InChI=1S/C18H15N3O2/c1-23-16-9-3-6-14(11-16)18(22)21-20-12-15-7-2-5-13-8-4-10-19-17(13)15/h2-12H,1H3,(H,21,22)/b20-12+. The molecule has 5 heteroatoms. The third kappa shape index (κ3) is 3.35. The molecule has 0 fully saturated rings. The van der Waals surface area contributed by atoms with Crippen molar-refractivity contribution in [2.45, 2.75) is 0 Å². The maximum absolute atomic E-state index is 12.1. The molecule has 1 amide bonds. The maximum atomic E-state index is 12.1. The Morgan fingerprint density at radius 2 is 2.00 bits per heavy atom. The van der Waals surface area contributed by atoms with E-state index in [-0.39, 0.29) is 5.91 Å². The molecule has 3 aromatic rings. The fraction of sp³-hybridized carbons (Fsp3) is 0.0556. The summed E-state index contributed by atoms with van der Waals surface area (Å²) in [7, 11) is 1.56. The maximum Gasteiger partial charge on any atom is 0.271 e. The first-order valence-corrected chi connectivity index (χ1v) is 7.09. The van der Waals surface area contributed by atoms with E-state index >= 15 is 0 Å². The monoisotopic (exact) mass is 305 g/mol. The van der Waals surface area contributed by atoms with Crippen molar-refractivity contribution >= 4 is 23.0 Å². The van der Waals surface area contributed by atoms with Crippen molar-refractivity contribution in [1.82, 2.24) is 10.4 Å². The molecule has 0 atom stereocenters. The summed E-state index contributed by atoms with van der Waals surface area (Å²) in [5.41, 5.74) is 4.68. The van der Waals surface area contributed by atoms with Crippen LogP contribution in [0.3, 0.4) is 0 Å². The number of amides is 1. The Bertz CT molecular complexity index is 870. The molecule has 1 heterocycles. The van der Waals surface area contributed by atoms with Crippen LogP contribution in [0.15, 0.2) is 65.9 Å². The van der Waals surface area contributed by atoms with E-state index in [0.717, 1.165) is 16.5 Å². The highest BCUT2D eigenvalue weighted by molar-refractivity contribution is 5.99. The number of carbonyl (C=O) groups is 1. The second-order valence-corrected chi connectivity index (χ2v) is 4.85. The van der Waals surface area contributed by atoms with Crippen LogP contribution >= 0.6 is 0 Å². The number of hydrazone groups is 1. The Kier molecular flexibility index (Phi) is 4.29. The molecule has 1 N–H and O–H groups in total. The lowest BCUT2D eigenvalue weighted by molar-refractivity contribution is 0.0955. The van der Waals surface area contributed by atoms with Crippen LogP contribution in [0, 0.1) is 0 Å². The number of ether oxygens (including phenoxy) is 1. The van der Waals surface area contributed by atoms with Crippen molar-refractivity contribution in [3.05, 3.63) is 71.9 Å². The smallest absolute Gasteiger partial charge is 0.271 e. The molecule has 1 aromatic heterocycles. The summed E-state index contributed by atoms with van der Waals surface area (Å²) in [4.78, 5) is 16.4. The van der Waals surface area contributed by atoms with E-state index in [4.69, 9.17) is 4.74 Å². The molecule has 5 nitrogen and oxygen atoms in total. The molecule has 0 aliphatic rings. The van der Waals surface area contributed by atoms with Gasteiger partial charge in [-0.3, -0.25) is 9.78 Å². The average molecular weight is 305 g/mol. The number of aromatic nitrogens is 1.